The molecule has 7 heteroatoms. The highest BCUT2D eigenvalue weighted by atomic mass is 35.5. The summed E-state index contributed by atoms with van der Waals surface area (Å²) in [6.07, 6.45) is 0.0765. The second-order valence-corrected chi connectivity index (χ2v) is 6.15. The number of benzene rings is 2. The second-order valence-electron chi connectivity index (χ2n) is 5.72. The summed E-state index contributed by atoms with van der Waals surface area (Å²) in [4.78, 5) is 26.1. The van der Waals surface area contributed by atoms with Crippen molar-refractivity contribution in [3.05, 3.63) is 53.3 Å². The van der Waals surface area contributed by atoms with Gasteiger partial charge in [0.25, 0.3) is 0 Å². The fourth-order valence-corrected chi connectivity index (χ4v) is 2.88. The summed E-state index contributed by atoms with van der Waals surface area (Å²) in [7, 11) is 1.56. The summed E-state index contributed by atoms with van der Waals surface area (Å²) in [5, 5.41) is 2.77. The summed E-state index contributed by atoms with van der Waals surface area (Å²) >= 11 is 5.70. The molecule has 1 N–H and O–H groups in total. The Balaban J connectivity index is 1.69. The third-order valence-corrected chi connectivity index (χ3v) is 4.30. The highest BCUT2D eigenvalue weighted by molar-refractivity contribution is 6.30. The molecular formula is C18H16ClFN2O3. The molecule has 0 spiro atoms. The third kappa shape index (κ3) is 3.74. The van der Waals surface area contributed by atoms with Gasteiger partial charge in [-0.3, -0.25) is 9.59 Å². The van der Waals surface area contributed by atoms with E-state index in [9.17, 15) is 14.0 Å². The number of anilines is 2. The van der Waals surface area contributed by atoms with E-state index in [1.165, 1.54) is 12.1 Å². The number of carbonyl (C=O) groups is 2. The zero-order valence-corrected chi connectivity index (χ0v) is 14.2. The Bertz CT molecular complexity index is 810. The molecule has 5 nitrogen and oxygen atoms in total. The minimum Gasteiger partial charge on any atom is -0.497 e. The van der Waals surface area contributed by atoms with E-state index in [1.807, 2.05) is 0 Å². The molecule has 0 aliphatic carbocycles. The third-order valence-electron chi connectivity index (χ3n) is 4.07. The SMILES string of the molecule is COc1ccc(N2CC(C(=O)Nc3ccc(Cl)cc3F)CC2=O)cc1. The van der Waals surface area contributed by atoms with Crippen molar-refractivity contribution in [2.75, 3.05) is 23.9 Å². The molecule has 1 unspecified atom stereocenters. The van der Waals surface area contributed by atoms with Crippen molar-refractivity contribution in [2.24, 2.45) is 5.92 Å². The number of rotatable bonds is 4. The van der Waals surface area contributed by atoms with E-state index in [2.05, 4.69) is 5.32 Å². The predicted molar refractivity (Wildman–Crippen MR) is 93.5 cm³/mol. The molecule has 130 valence electrons. The number of carbonyl (C=O) groups excluding carboxylic acids is 2. The fourth-order valence-electron chi connectivity index (χ4n) is 2.72. The maximum absolute atomic E-state index is 13.8. The molecule has 1 saturated heterocycles. The summed E-state index contributed by atoms with van der Waals surface area (Å²) < 4.78 is 18.9. The summed E-state index contributed by atoms with van der Waals surface area (Å²) in [6, 6.07) is 11.0. The van der Waals surface area contributed by atoms with Crippen LogP contribution in [0.4, 0.5) is 15.8 Å². The van der Waals surface area contributed by atoms with Gasteiger partial charge in [-0.25, -0.2) is 4.39 Å². The van der Waals surface area contributed by atoms with Crippen LogP contribution >= 0.6 is 11.6 Å². The molecule has 25 heavy (non-hydrogen) atoms. The zero-order valence-electron chi connectivity index (χ0n) is 13.5. The van der Waals surface area contributed by atoms with Crippen LogP contribution in [0.15, 0.2) is 42.5 Å². The van der Waals surface area contributed by atoms with Gasteiger partial charge in [0, 0.05) is 23.7 Å². The van der Waals surface area contributed by atoms with Crippen LogP contribution in [0.2, 0.25) is 5.02 Å². The Morgan fingerprint density at radius 1 is 1.28 bits per heavy atom. The van der Waals surface area contributed by atoms with E-state index in [0.29, 0.717) is 11.4 Å². The molecule has 3 rings (SSSR count). The van der Waals surface area contributed by atoms with Crippen LogP contribution in [0.3, 0.4) is 0 Å². The van der Waals surface area contributed by atoms with Crippen LogP contribution in [0.1, 0.15) is 6.42 Å². The van der Waals surface area contributed by atoms with E-state index in [-0.39, 0.29) is 29.6 Å². The molecule has 0 aromatic heterocycles. The summed E-state index contributed by atoms with van der Waals surface area (Å²) in [5.74, 6) is -1.03. The maximum Gasteiger partial charge on any atom is 0.229 e. The van der Waals surface area contributed by atoms with Gasteiger partial charge in [0.15, 0.2) is 0 Å². The lowest BCUT2D eigenvalue weighted by Gasteiger charge is -2.17. The van der Waals surface area contributed by atoms with Crippen molar-refractivity contribution in [1.82, 2.24) is 0 Å². The van der Waals surface area contributed by atoms with Gasteiger partial charge < -0.3 is 15.0 Å². The van der Waals surface area contributed by atoms with Crippen LogP contribution in [-0.2, 0) is 9.59 Å². The monoisotopic (exact) mass is 362 g/mol. The first-order valence-corrected chi connectivity index (χ1v) is 8.06. The van der Waals surface area contributed by atoms with E-state index < -0.39 is 17.6 Å². The van der Waals surface area contributed by atoms with Crippen LogP contribution < -0.4 is 15.0 Å². The van der Waals surface area contributed by atoms with E-state index >= 15 is 0 Å². The molecule has 1 atom stereocenters. The highest BCUT2D eigenvalue weighted by Gasteiger charge is 2.35. The zero-order chi connectivity index (χ0) is 18.0. The molecule has 1 heterocycles. The molecule has 0 bridgehead atoms. The normalized spacial score (nSPS) is 16.8. The molecule has 1 aliphatic heterocycles. The van der Waals surface area contributed by atoms with Gasteiger partial charge in [0.05, 0.1) is 18.7 Å². The smallest absolute Gasteiger partial charge is 0.229 e. The minimum absolute atomic E-state index is 0.0461. The van der Waals surface area contributed by atoms with Crippen molar-refractivity contribution in [3.63, 3.8) is 0 Å². The number of nitrogens with one attached hydrogen (secondary N) is 1. The van der Waals surface area contributed by atoms with Crippen LogP contribution in [0, 0.1) is 11.7 Å². The van der Waals surface area contributed by atoms with E-state index in [4.69, 9.17) is 16.3 Å². The van der Waals surface area contributed by atoms with Gasteiger partial charge in [-0.1, -0.05) is 11.6 Å². The molecule has 0 radical (unpaired) electrons. The van der Waals surface area contributed by atoms with Gasteiger partial charge in [0.2, 0.25) is 11.8 Å². The number of halogens is 2. The second kappa shape index (κ2) is 7.11. The van der Waals surface area contributed by atoms with Gasteiger partial charge in [0.1, 0.15) is 11.6 Å². The topological polar surface area (TPSA) is 58.6 Å². The number of hydrogen-bond donors (Lipinski definition) is 1. The molecule has 2 aromatic carbocycles. The Hall–Kier alpha value is -2.60. The number of methoxy groups -OCH3 is 1. The quantitative estimate of drug-likeness (QED) is 0.905. The Kier molecular flexibility index (Phi) is 4.90. The Morgan fingerprint density at radius 3 is 2.64 bits per heavy atom. The number of ether oxygens (including phenoxy) is 1. The highest BCUT2D eigenvalue weighted by Crippen LogP contribution is 2.28. The number of amides is 2. The molecule has 0 saturated carbocycles. The largest absolute Gasteiger partial charge is 0.497 e. The average molecular weight is 363 g/mol. The number of hydrogen-bond acceptors (Lipinski definition) is 3. The standard InChI is InChI=1S/C18H16ClFN2O3/c1-25-14-5-3-13(4-6-14)22-10-11(8-17(22)23)18(24)21-16-7-2-12(19)9-15(16)20/h2-7,9,11H,8,10H2,1H3,(H,21,24). The average Bonchev–Trinajstić information content (AvgIpc) is 2.99. The van der Waals surface area contributed by atoms with Crippen molar-refractivity contribution in [1.29, 1.82) is 0 Å². The lowest BCUT2D eigenvalue weighted by Crippen LogP contribution is -2.28. The van der Waals surface area contributed by atoms with E-state index in [1.54, 1.807) is 36.3 Å². The lowest BCUT2D eigenvalue weighted by molar-refractivity contribution is -0.122. The first kappa shape index (κ1) is 17.2. The fraction of sp³-hybridized carbons (Fsp3) is 0.222. The van der Waals surface area contributed by atoms with Crippen molar-refractivity contribution in [2.45, 2.75) is 6.42 Å². The molecule has 2 aromatic rings. The van der Waals surface area contributed by atoms with E-state index in [0.717, 1.165) is 6.07 Å². The first-order valence-electron chi connectivity index (χ1n) is 7.68. The lowest BCUT2D eigenvalue weighted by atomic mass is 10.1. The van der Waals surface area contributed by atoms with Crippen molar-refractivity contribution >= 4 is 34.8 Å². The Labute approximate surface area is 149 Å². The minimum atomic E-state index is -0.614. The summed E-state index contributed by atoms with van der Waals surface area (Å²) in [5.41, 5.74) is 0.739. The van der Waals surface area contributed by atoms with Crippen molar-refractivity contribution in [3.8, 4) is 5.75 Å². The van der Waals surface area contributed by atoms with Gasteiger partial charge >= 0.3 is 0 Å². The number of nitrogens with zero attached hydrogens (tertiary/aromatic N) is 1. The molecule has 2 amide bonds. The Morgan fingerprint density at radius 2 is 2.00 bits per heavy atom. The van der Waals surface area contributed by atoms with Crippen LogP contribution in [0.25, 0.3) is 0 Å². The van der Waals surface area contributed by atoms with Crippen LogP contribution in [0.5, 0.6) is 5.75 Å². The first-order chi connectivity index (χ1) is 12.0. The van der Waals surface area contributed by atoms with Crippen molar-refractivity contribution < 1.29 is 18.7 Å². The predicted octanol–water partition coefficient (Wildman–Crippen LogP) is 3.48. The molecule has 1 fully saturated rings. The van der Waals surface area contributed by atoms with Crippen LogP contribution in [-0.4, -0.2) is 25.5 Å². The maximum atomic E-state index is 13.8. The van der Waals surface area contributed by atoms with Gasteiger partial charge in [-0.05, 0) is 42.5 Å². The molecule has 1 aliphatic rings. The van der Waals surface area contributed by atoms with Gasteiger partial charge in [-0.15, -0.1) is 0 Å². The summed E-state index contributed by atoms with van der Waals surface area (Å²) in [6.45, 7) is 0.242. The van der Waals surface area contributed by atoms with Gasteiger partial charge in [-0.2, -0.15) is 0 Å². The molecular weight excluding hydrogens is 347 g/mol.